The number of hydrogen-bond donors (Lipinski definition) is 0. The van der Waals surface area contributed by atoms with Crippen molar-refractivity contribution in [2.75, 3.05) is 21.3 Å². The van der Waals surface area contributed by atoms with Crippen LogP contribution >= 0.6 is 15.9 Å². The van der Waals surface area contributed by atoms with Crippen molar-refractivity contribution in [3.63, 3.8) is 0 Å². The van der Waals surface area contributed by atoms with Crippen LogP contribution in [0.1, 0.15) is 5.56 Å². The zero-order valence-electron chi connectivity index (χ0n) is 19.1. The SMILES string of the molecule is COc1cc(C=Nn2c(-c3cc4cc(Br)ccc4o3)nc3ccccc3c2=O)cc(OC)c1OC. The van der Waals surface area contributed by atoms with E-state index in [0.717, 1.165) is 9.86 Å². The maximum Gasteiger partial charge on any atom is 0.282 e. The summed E-state index contributed by atoms with van der Waals surface area (Å²) in [7, 11) is 4.61. The van der Waals surface area contributed by atoms with Crippen molar-refractivity contribution in [2.24, 2.45) is 5.10 Å². The lowest BCUT2D eigenvalue weighted by atomic mass is 10.2. The van der Waals surface area contributed by atoms with Crippen molar-refractivity contribution >= 4 is 44.0 Å². The fourth-order valence-corrected chi connectivity index (χ4v) is 4.19. The van der Waals surface area contributed by atoms with Crippen LogP contribution in [-0.4, -0.2) is 37.2 Å². The first-order valence-corrected chi connectivity index (χ1v) is 11.4. The summed E-state index contributed by atoms with van der Waals surface area (Å²) in [6.45, 7) is 0. The minimum absolute atomic E-state index is 0.282. The first-order valence-electron chi connectivity index (χ1n) is 10.6. The summed E-state index contributed by atoms with van der Waals surface area (Å²) >= 11 is 3.48. The van der Waals surface area contributed by atoms with Crippen molar-refractivity contribution < 1.29 is 18.6 Å². The maximum atomic E-state index is 13.5. The second-order valence-corrected chi connectivity index (χ2v) is 8.48. The van der Waals surface area contributed by atoms with Gasteiger partial charge in [0, 0.05) is 15.4 Å². The standard InChI is InChI=1S/C26H20BrN3O5/c1-32-21-10-15(11-22(33-2)24(21)34-3)14-28-30-25(29-19-7-5-4-6-18(19)26(30)31)23-13-16-12-17(27)8-9-20(16)35-23/h4-14H,1-3H3. The van der Waals surface area contributed by atoms with Crippen LogP contribution < -0.4 is 19.8 Å². The summed E-state index contributed by atoms with van der Waals surface area (Å²) in [5.41, 5.74) is 1.54. The van der Waals surface area contributed by atoms with E-state index in [4.69, 9.17) is 23.6 Å². The minimum Gasteiger partial charge on any atom is -0.493 e. The Hall–Kier alpha value is -4.11. The fourth-order valence-electron chi connectivity index (χ4n) is 3.82. The molecule has 0 radical (unpaired) electrons. The van der Waals surface area contributed by atoms with Gasteiger partial charge in [-0.05, 0) is 48.5 Å². The van der Waals surface area contributed by atoms with Crippen LogP contribution in [0.2, 0.25) is 0 Å². The molecule has 2 aromatic heterocycles. The van der Waals surface area contributed by atoms with Crippen LogP contribution in [0.25, 0.3) is 33.5 Å². The van der Waals surface area contributed by atoms with Gasteiger partial charge in [-0.2, -0.15) is 9.78 Å². The Balaban J connectivity index is 1.70. The monoisotopic (exact) mass is 533 g/mol. The molecule has 0 atom stereocenters. The average molecular weight is 534 g/mol. The second-order valence-electron chi connectivity index (χ2n) is 7.57. The quantitative estimate of drug-likeness (QED) is 0.268. The van der Waals surface area contributed by atoms with Gasteiger partial charge in [-0.3, -0.25) is 4.79 Å². The highest BCUT2D eigenvalue weighted by Gasteiger charge is 2.17. The van der Waals surface area contributed by atoms with Gasteiger partial charge >= 0.3 is 0 Å². The van der Waals surface area contributed by atoms with Gasteiger partial charge in [0.1, 0.15) is 5.58 Å². The van der Waals surface area contributed by atoms with Crippen LogP contribution in [0.5, 0.6) is 17.2 Å². The molecule has 0 saturated heterocycles. The van der Waals surface area contributed by atoms with Gasteiger partial charge in [0.25, 0.3) is 5.56 Å². The number of nitrogens with zero attached hydrogens (tertiary/aromatic N) is 3. The number of hydrogen-bond acceptors (Lipinski definition) is 7. The summed E-state index contributed by atoms with van der Waals surface area (Å²) in [5, 5.41) is 5.81. The highest BCUT2D eigenvalue weighted by Crippen LogP contribution is 2.38. The van der Waals surface area contributed by atoms with Gasteiger partial charge in [-0.25, -0.2) is 4.98 Å². The van der Waals surface area contributed by atoms with Gasteiger partial charge in [0.05, 0.1) is 38.4 Å². The number of methoxy groups -OCH3 is 3. The number of fused-ring (bicyclic) bond motifs is 2. The zero-order chi connectivity index (χ0) is 24.5. The van der Waals surface area contributed by atoms with Gasteiger partial charge in [0.2, 0.25) is 11.6 Å². The van der Waals surface area contributed by atoms with Crippen LogP contribution in [0, 0.1) is 0 Å². The van der Waals surface area contributed by atoms with E-state index in [-0.39, 0.29) is 11.4 Å². The van der Waals surface area contributed by atoms with Crippen molar-refractivity contribution in [1.29, 1.82) is 0 Å². The molecule has 0 aliphatic carbocycles. The van der Waals surface area contributed by atoms with E-state index >= 15 is 0 Å². The molecule has 2 heterocycles. The molecule has 35 heavy (non-hydrogen) atoms. The maximum absolute atomic E-state index is 13.5. The van der Waals surface area contributed by atoms with Crippen LogP contribution in [0.3, 0.4) is 0 Å². The normalized spacial score (nSPS) is 11.4. The molecule has 0 fully saturated rings. The number of furan rings is 1. The average Bonchev–Trinajstić information content (AvgIpc) is 3.30. The highest BCUT2D eigenvalue weighted by atomic mass is 79.9. The number of aromatic nitrogens is 2. The number of halogens is 1. The van der Waals surface area contributed by atoms with Gasteiger partial charge < -0.3 is 18.6 Å². The molecule has 0 aliphatic heterocycles. The topological polar surface area (TPSA) is 88.1 Å². The minimum atomic E-state index is -0.323. The second kappa shape index (κ2) is 9.27. The van der Waals surface area contributed by atoms with E-state index in [1.54, 1.807) is 30.3 Å². The molecule has 0 aliphatic rings. The molecule has 176 valence electrons. The number of rotatable bonds is 6. The Kier molecular flexibility index (Phi) is 6.00. The molecular weight excluding hydrogens is 514 g/mol. The van der Waals surface area contributed by atoms with E-state index in [0.29, 0.717) is 45.1 Å². The van der Waals surface area contributed by atoms with Crippen molar-refractivity contribution in [1.82, 2.24) is 9.66 Å². The molecule has 8 nitrogen and oxygen atoms in total. The third kappa shape index (κ3) is 4.15. The zero-order valence-corrected chi connectivity index (χ0v) is 20.7. The Morgan fingerprint density at radius 1 is 0.971 bits per heavy atom. The molecule has 0 unspecified atom stereocenters. The number of benzene rings is 3. The predicted molar refractivity (Wildman–Crippen MR) is 138 cm³/mol. The molecule has 0 amide bonds. The highest BCUT2D eigenvalue weighted by molar-refractivity contribution is 9.10. The molecule has 5 rings (SSSR count). The Bertz CT molecular complexity index is 1630. The fraction of sp³-hybridized carbons (Fsp3) is 0.115. The lowest BCUT2D eigenvalue weighted by molar-refractivity contribution is 0.324. The first-order chi connectivity index (χ1) is 17.0. The third-order valence-corrected chi connectivity index (χ3v) is 5.96. The van der Waals surface area contributed by atoms with E-state index in [9.17, 15) is 4.79 Å². The van der Waals surface area contributed by atoms with Crippen molar-refractivity contribution in [2.45, 2.75) is 0 Å². The van der Waals surface area contributed by atoms with Crippen molar-refractivity contribution in [3.8, 4) is 28.8 Å². The van der Waals surface area contributed by atoms with Crippen molar-refractivity contribution in [3.05, 3.63) is 81.1 Å². The van der Waals surface area contributed by atoms with Gasteiger partial charge in [-0.1, -0.05) is 28.1 Å². The predicted octanol–water partition coefficient (Wildman–Crippen LogP) is 5.48. The van der Waals surface area contributed by atoms with E-state index in [1.807, 2.05) is 30.3 Å². The van der Waals surface area contributed by atoms with E-state index < -0.39 is 0 Å². The third-order valence-electron chi connectivity index (χ3n) is 5.46. The summed E-state index contributed by atoms with van der Waals surface area (Å²) in [5.74, 6) is 2.11. The smallest absolute Gasteiger partial charge is 0.282 e. The van der Waals surface area contributed by atoms with Crippen LogP contribution in [0.15, 0.2) is 79.4 Å². The van der Waals surface area contributed by atoms with Crippen LogP contribution in [0.4, 0.5) is 0 Å². The number of para-hydroxylation sites is 1. The molecule has 0 saturated carbocycles. The molecule has 9 heteroatoms. The summed E-state index contributed by atoms with van der Waals surface area (Å²) in [4.78, 5) is 18.2. The van der Waals surface area contributed by atoms with Crippen LogP contribution in [-0.2, 0) is 0 Å². The molecule has 5 aromatic rings. The van der Waals surface area contributed by atoms with Gasteiger partial charge in [-0.15, -0.1) is 0 Å². The first kappa shape index (κ1) is 22.7. The largest absolute Gasteiger partial charge is 0.493 e. The Labute approximate surface area is 208 Å². The number of ether oxygens (including phenoxy) is 3. The molecule has 0 spiro atoms. The Morgan fingerprint density at radius 3 is 2.43 bits per heavy atom. The van der Waals surface area contributed by atoms with E-state index in [2.05, 4.69) is 21.0 Å². The van der Waals surface area contributed by atoms with Gasteiger partial charge in [0.15, 0.2) is 17.3 Å². The van der Waals surface area contributed by atoms with E-state index in [1.165, 1.54) is 32.2 Å². The lowest BCUT2D eigenvalue weighted by Gasteiger charge is -2.12. The summed E-state index contributed by atoms with van der Waals surface area (Å²) < 4.78 is 24.4. The summed E-state index contributed by atoms with van der Waals surface area (Å²) in [6, 6.07) is 18.1. The lowest BCUT2D eigenvalue weighted by Crippen LogP contribution is -2.20. The Morgan fingerprint density at radius 2 is 1.71 bits per heavy atom. The summed E-state index contributed by atoms with van der Waals surface area (Å²) in [6.07, 6.45) is 1.53. The molecular formula is C26H20BrN3O5. The molecule has 0 bridgehead atoms. The molecule has 0 N–H and O–H groups in total. The molecule has 3 aromatic carbocycles.